The third-order valence-electron chi connectivity index (χ3n) is 6.79. The number of ether oxygens (including phenoxy) is 2. The first kappa shape index (κ1) is 23.8. The van der Waals surface area contributed by atoms with E-state index in [1.54, 1.807) is 7.11 Å². The number of likely N-dealkylation sites (N-methyl/N-ethyl adjacent to an activating group) is 1. The highest BCUT2D eigenvalue weighted by Gasteiger charge is 2.35. The minimum Gasteiger partial charge on any atom is -0.496 e. The summed E-state index contributed by atoms with van der Waals surface area (Å²) in [6.07, 6.45) is 4.54. The maximum atomic E-state index is 5.69. The van der Waals surface area contributed by atoms with Crippen molar-refractivity contribution in [3.63, 3.8) is 0 Å². The molecule has 0 spiro atoms. The lowest BCUT2D eigenvalue weighted by Crippen LogP contribution is -2.52. The van der Waals surface area contributed by atoms with Crippen LogP contribution in [0.3, 0.4) is 0 Å². The number of aliphatic imine (C=N–C) groups is 1. The van der Waals surface area contributed by atoms with Gasteiger partial charge < -0.3 is 25.0 Å². The van der Waals surface area contributed by atoms with Crippen LogP contribution in [-0.4, -0.2) is 88.4 Å². The van der Waals surface area contributed by atoms with Gasteiger partial charge in [-0.25, -0.2) is 0 Å². The van der Waals surface area contributed by atoms with Gasteiger partial charge in [0.2, 0.25) is 0 Å². The van der Waals surface area contributed by atoms with Crippen molar-refractivity contribution < 1.29 is 9.47 Å². The van der Waals surface area contributed by atoms with Crippen molar-refractivity contribution in [1.29, 1.82) is 0 Å². The molecule has 0 aromatic heterocycles. The number of hydrogen-bond donors (Lipinski definition) is 2. The lowest BCUT2D eigenvalue weighted by atomic mass is 9.89. The summed E-state index contributed by atoms with van der Waals surface area (Å²) in [5.41, 5.74) is 1.31. The van der Waals surface area contributed by atoms with Crippen LogP contribution in [0.5, 0.6) is 5.75 Å². The molecule has 0 saturated carbocycles. The fourth-order valence-corrected chi connectivity index (χ4v) is 4.69. The lowest BCUT2D eigenvalue weighted by Gasteiger charge is -2.41. The van der Waals surface area contributed by atoms with Gasteiger partial charge in [0.25, 0.3) is 0 Å². The van der Waals surface area contributed by atoms with Crippen LogP contribution in [-0.2, 0) is 4.74 Å². The fourth-order valence-electron chi connectivity index (χ4n) is 4.69. The molecule has 0 amide bonds. The summed E-state index contributed by atoms with van der Waals surface area (Å²) >= 11 is 0. The van der Waals surface area contributed by atoms with E-state index in [-0.39, 0.29) is 11.6 Å². The smallest absolute Gasteiger partial charge is 0.191 e. The molecule has 7 nitrogen and oxygen atoms in total. The summed E-state index contributed by atoms with van der Waals surface area (Å²) in [6.45, 7) is 8.39. The van der Waals surface area contributed by atoms with Gasteiger partial charge in [-0.1, -0.05) is 18.2 Å². The largest absolute Gasteiger partial charge is 0.496 e. The zero-order valence-corrected chi connectivity index (χ0v) is 19.8. The second-order valence-corrected chi connectivity index (χ2v) is 8.81. The van der Waals surface area contributed by atoms with E-state index in [2.05, 4.69) is 59.7 Å². The van der Waals surface area contributed by atoms with Gasteiger partial charge in [0, 0.05) is 37.4 Å². The van der Waals surface area contributed by atoms with Crippen LogP contribution >= 0.6 is 0 Å². The van der Waals surface area contributed by atoms with Crippen molar-refractivity contribution in [1.82, 2.24) is 20.4 Å². The highest BCUT2D eigenvalue weighted by Crippen LogP contribution is 2.31. The summed E-state index contributed by atoms with van der Waals surface area (Å²) < 4.78 is 11.3. The molecular weight excluding hydrogens is 390 g/mol. The highest BCUT2D eigenvalue weighted by molar-refractivity contribution is 5.79. The molecule has 31 heavy (non-hydrogen) atoms. The van der Waals surface area contributed by atoms with Gasteiger partial charge in [-0.2, -0.15) is 0 Å². The number of nitrogens with one attached hydrogen (secondary N) is 2. The molecule has 1 aromatic rings. The van der Waals surface area contributed by atoms with Crippen LogP contribution in [0.25, 0.3) is 0 Å². The molecule has 1 aromatic carbocycles. The molecule has 2 saturated heterocycles. The van der Waals surface area contributed by atoms with Crippen LogP contribution < -0.4 is 15.4 Å². The molecule has 2 N–H and O–H groups in total. The Bertz CT molecular complexity index is 697. The minimum atomic E-state index is 0.0671. The van der Waals surface area contributed by atoms with E-state index in [9.17, 15) is 0 Å². The van der Waals surface area contributed by atoms with Crippen molar-refractivity contribution in [3.8, 4) is 5.75 Å². The standard InChI is InChI=1S/C24H41N5O2/c1-5-25-23(27-19-24(28(2)3)12-16-31-17-13-24)26-18-21(29-14-8-9-15-29)20-10-6-7-11-22(20)30-4/h6-7,10-11,21H,5,8-9,12-19H2,1-4H3,(H2,25,26,27). The van der Waals surface area contributed by atoms with Crippen LogP contribution in [0.4, 0.5) is 0 Å². The van der Waals surface area contributed by atoms with Crippen molar-refractivity contribution >= 4 is 5.96 Å². The predicted octanol–water partition coefficient (Wildman–Crippen LogP) is 2.50. The molecule has 1 atom stereocenters. The molecule has 2 heterocycles. The molecule has 7 heteroatoms. The normalized spacial score (nSPS) is 20.6. The summed E-state index contributed by atoms with van der Waals surface area (Å²) in [5.74, 6) is 1.84. The molecular formula is C24H41N5O2. The molecule has 2 aliphatic rings. The topological polar surface area (TPSA) is 61.4 Å². The maximum Gasteiger partial charge on any atom is 0.191 e. The molecule has 0 aliphatic carbocycles. The Hall–Kier alpha value is -1.83. The molecule has 0 bridgehead atoms. The third-order valence-corrected chi connectivity index (χ3v) is 6.79. The van der Waals surface area contributed by atoms with E-state index in [1.165, 1.54) is 18.4 Å². The number of guanidine groups is 1. The molecule has 174 valence electrons. The Balaban J connectivity index is 1.74. The number of benzene rings is 1. The Labute approximate surface area is 188 Å². The van der Waals surface area contributed by atoms with Gasteiger partial charge in [-0.05, 0) is 65.9 Å². The van der Waals surface area contributed by atoms with Gasteiger partial charge in [-0.3, -0.25) is 9.89 Å². The Morgan fingerprint density at radius 1 is 1.19 bits per heavy atom. The van der Waals surface area contributed by atoms with Crippen LogP contribution in [0.2, 0.25) is 0 Å². The average molecular weight is 432 g/mol. The summed E-state index contributed by atoms with van der Waals surface area (Å²) in [5, 5.41) is 7.08. The van der Waals surface area contributed by atoms with E-state index >= 15 is 0 Å². The fraction of sp³-hybridized carbons (Fsp3) is 0.708. The van der Waals surface area contributed by atoms with Crippen molar-refractivity contribution in [2.24, 2.45) is 4.99 Å². The Kier molecular flexibility index (Phi) is 8.99. The van der Waals surface area contributed by atoms with E-state index in [1.807, 2.05) is 6.07 Å². The van der Waals surface area contributed by atoms with Crippen molar-refractivity contribution in [2.45, 2.75) is 44.2 Å². The summed E-state index contributed by atoms with van der Waals surface area (Å²) in [7, 11) is 6.08. The molecule has 1 unspecified atom stereocenters. The van der Waals surface area contributed by atoms with E-state index in [4.69, 9.17) is 14.5 Å². The number of hydrogen-bond acceptors (Lipinski definition) is 5. The van der Waals surface area contributed by atoms with E-state index in [0.29, 0.717) is 0 Å². The quantitative estimate of drug-likeness (QED) is 0.463. The zero-order chi connectivity index (χ0) is 22.1. The molecule has 3 rings (SSSR count). The SMILES string of the molecule is CCNC(=NCC1(N(C)C)CCOCC1)NCC(c1ccccc1OC)N1CCCC1. The first-order chi connectivity index (χ1) is 15.1. The maximum absolute atomic E-state index is 5.69. The number of methoxy groups -OCH3 is 1. The van der Waals surface area contributed by atoms with Crippen molar-refractivity contribution in [3.05, 3.63) is 29.8 Å². The number of likely N-dealkylation sites (tertiary alicyclic amines) is 1. The molecule has 2 fully saturated rings. The average Bonchev–Trinajstić information content (AvgIpc) is 3.33. The second kappa shape index (κ2) is 11.7. The minimum absolute atomic E-state index is 0.0671. The summed E-state index contributed by atoms with van der Waals surface area (Å²) in [6, 6.07) is 8.65. The van der Waals surface area contributed by atoms with Gasteiger partial charge in [-0.15, -0.1) is 0 Å². The third kappa shape index (κ3) is 6.11. The van der Waals surface area contributed by atoms with Gasteiger partial charge in [0.15, 0.2) is 5.96 Å². The van der Waals surface area contributed by atoms with Gasteiger partial charge >= 0.3 is 0 Å². The lowest BCUT2D eigenvalue weighted by molar-refractivity contribution is -0.00255. The van der Waals surface area contributed by atoms with Crippen LogP contribution in [0, 0.1) is 0 Å². The second-order valence-electron chi connectivity index (χ2n) is 8.81. The monoisotopic (exact) mass is 431 g/mol. The van der Waals surface area contributed by atoms with Gasteiger partial charge in [0.1, 0.15) is 5.75 Å². The van der Waals surface area contributed by atoms with E-state index < -0.39 is 0 Å². The van der Waals surface area contributed by atoms with Crippen molar-refractivity contribution in [2.75, 3.05) is 67.1 Å². The van der Waals surface area contributed by atoms with E-state index in [0.717, 1.165) is 70.5 Å². The Morgan fingerprint density at radius 2 is 1.90 bits per heavy atom. The molecule has 0 radical (unpaired) electrons. The number of rotatable bonds is 9. The number of para-hydroxylation sites is 1. The highest BCUT2D eigenvalue weighted by atomic mass is 16.5. The van der Waals surface area contributed by atoms with Crippen LogP contribution in [0.1, 0.15) is 44.2 Å². The first-order valence-electron chi connectivity index (χ1n) is 11.7. The number of nitrogens with zero attached hydrogens (tertiary/aromatic N) is 3. The Morgan fingerprint density at radius 3 is 2.55 bits per heavy atom. The predicted molar refractivity (Wildman–Crippen MR) is 127 cm³/mol. The first-order valence-corrected chi connectivity index (χ1v) is 11.7. The van der Waals surface area contributed by atoms with Gasteiger partial charge in [0.05, 0.1) is 19.7 Å². The molecule has 2 aliphatic heterocycles. The van der Waals surface area contributed by atoms with Crippen LogP contribution in [0.15, 0.2) is 29.3 Å². The zero-order valence-electron chi connectivity index (χ0n) is 19.8. The summed E-state index contributed by atoms with van der Waals surface area (Å²) in [4.78, 5) is 9.90.